The van der Waals surface area contributed by atoms with Gasteiger partial charge in [-0.3, -0.25) is 0 Å². The largest absolute Gasteiger partial charge is 0.494 e. The van der Waals surface area contributed by atoms with Crippen LogP contribution >= 0.6 is 0 Å². The Bertz CT molecular complexity index is 452. The maximum atomic E-state index is 5.49. The molecule has 1 heterocycles. The fourth-order valence-corrected chi connectivity index (χ4v) is 1.29. The summed E-state index contributed by atoms with van der Waals surface area (Å²) < 4.78 is 6.99. The van der Waals surface area contributed by atoms with Crippen molar-refractivity contribution < 1.29 is 4.74 Å². The maximum absolute atomic E-state index is 5.49. The first-order valence-electron chi connectivity index (χ1n) is 4.70. The molecule has 78 valence electrons. The van der Waals surface area contributed by atoms with Crippen molar-refractivity contribution in [2.75, 3.05) is 12.3 Å². The van der Waals surface area contributed by atoms with Crippen LogP contribution in [0.4, 0.5) is 5.82 Å². The van der Waals surface area contributed by atoms with E-state index in [1.165, 1.54) is 0 Å². The van der Waals surface area contributed by atoms with E-state index in [-0.39, 0.29) is 0 Å². The van der Waals surface area contributed by atoms with Crippen LogP contribution in [-0.2, 0) is 0 Å². The lowest BCUT2D eigenvalue weighted by Gasteiger charge is -2.04. The average Bonchev–Trinajstić information content (AvgIpc) is 2.66. The molecule has 0 bridgehead atoms. The van der Waals surface area contributed by atoms with Gasteiger partial charge < -0.3 is 10.5 Å². The molecule has 2 aromatic rings. The Morgan fingerprint density at radius 3 is 3.00 bits per heavy atom. The van der Waals surface area contributed by atoms with E-state index < -0.39 is 0 Å². The van der Waals surface area contributed by atoms with E-state index in [0.717, 1.165) is 11.4 Å². The highest BCUT2D eigenvalue weighted by atomic mass is 16.5. The van der Waals surface area contributed by atoms with E-state index in [1.54, 1.807) is 10.9 Å². The zero-order chi connectivity index (χ0) is 10.7. The van der Waals surface area contributed by atoms with Crippen molar-refractivity contribution >= 4 is 5.82 Å². The molecule has 5 heteroatoms. The van der Waals surface area contributed by atoms with E-state index in [1.807, 2.05) is 31.2 Å². The van der Waals surface area contributed by atoms with Crippen LogP contribution in [0, 0.1) is 0 Å². The number of ether oxygens (including phenoxy) is 1. The smallest absolute Gasteiger partial charge is 0.166 e. The van der Waals surface area contributed by atoms with E-state index in [2.05, 4.69) is 10.3 Å². The van der Waals surface area contributed by atoms with Crippen LogP contribution in [0.3, 0.4) is 0 Å². The van der Waals surface area contributed by atoms with Gasteiger partial charge in [0.25, 0.3) is 0 Å². The van der Waals surface area contributed by atoms with Crippen molar-refractivity contribution in [2.45, 2.75) is 6.92 Å². The fraction of sp³-hybridized carbons (Fsp3) is 0.200. The molecule has 5 nitrogen and oxygen atoms in total. The number of rotatable bonds is 3. The summed E-state index contributed by atoms with van der Waals surface area (Å²) in [5.41, 5.74) is 6.37. The van der Waals surface area contributed by atoms with Gasteiger partial charge in [-0.1, -0.05) is 11.3 Å². The molecule has 2 N–H and O–H groups in total. The number of anilines is 1. The second-order valence-corrected chi connectivity index (χ2v) is 3.02. The van der Waals surface area contributed by atoms with Crippen LogP contribution in [0.5, 0.6) is 5.75 Å². The molecule has 0 saturated carbocycles. The highest BCUT2D eigenvalue weighted by molar-refractivity contribution is 5.39. The van der Waals surface area contributed by atoms with Gasteiger partial charge in [0.15, 0.2) is 5.82 Å². The SMILES string of the molecule is CCOc1cccc(-n2cc(N)nn2)c1. The standard InChI is InChI=1S/C10H12N4O/c1-2-15-9-5-3-4-8(6-9)14-7-10(11)12-13-14/h3-7H,2,11H2,1H3. The molecule has 0 radical (unpaired) electrons. The molecule has 0 fully saturated rings. The van der Waals surface area contributed by atoms with Crippen molar-refractivity contribution in [1.82, 2.24) is 15.0 Å². The lowest BCUT2D eigenvalue weighted by atomic mass is 10.3. The molecule has 0 atom stereocenters. The average molecular weight is 204 g/mol. The molecule has 2 rings (SSSR count). The van der Waals surface area contributed by atoms with Gasteiger partial charge in [-0.05, 0) is 19.1 Å². The third kappa shape index (κ3) is 2.07. The predicted octanol–water partition coefficient (Wildman–Crippen LogP) is 1.25. The molecule has 0 spiro atoms. The number of hydrogen-bond donors (Lipinski definition) is 1. The van der Waals surface area contributed by atoms with Crippen molar-refractivity contribution in [3.63, 3.8) is 0 Å². The Balaban J connectivity index is 2.32. The van der Waals surface area contributed by atoms with Gasteiger partial charge in [0, 0.05) is 6.07 Å². The van der Waals surface area contributed by atoms with Gasteiger partial charge in [-0.25, -0.2) is 4.68 Å². The van der Waals surface area contributed by atoms with Crippen molar-refractivity contribution in [3.8, 4) is 11.4 Å². The highest BCUT2D eigenvalue weighted by Crippen LogP contribution is 2.16. The lowest BCUT2D eigenvalue weighted by molar-refractivity contribution is 0.340. The molecule has 0 unspecified atom stereocenters. The van der Waals surface area contributed by atoms with Crippen LogP contribution in [0.2, 0.25) is 0 Å². The topological polar surface area (TPSA) is 66.0 Å². The maximum Gasteiger partial charge on any atom is 0.166 e. The summed E-state index contributed by atoms with van der Waals surface area (Å²) in [6.45, 7) is 2.59. The molecule has 0 aliphatic heterocycles. The summed E-state index contributed by atoms with van der Waals surface area (Å²) in [4.78, 5) is 0. The summed E-state index contributed by atoms with van der Waals surface area (Å²) in [5.74, 6) is 1.21. The summed E-state index contributed by atoms with van der Waals surface area (Å²) in [6.07, 6.45) is 1.66. The molecule has 1 aromatic carbocycles. The van der Waals surface area contributed by atoms with Gasteiger partial charge >= 0.3 is 0 Å². The van der Waals surface area contributed by atoms with Gasteiger partial charge in [-0.15, -0.1) is 5.10 Å². The Hall–Kier alpha value is -2.04. The zero-order valence-electron chi connectivity index (χ0n) is 8.42. The summed E-state index contributed by atoms with van der Waals surface area (Å²) >= 11 is 0. The van der Waals surface area contributed by atoms with Crippen LogP contribution in [0.1, 0.15) is 6.92 Å². The lowest BCUT2D eigenvalue weighted by Crippen LogP contribution is -1.97. The first kappa shape index (κ1) is 9.51. The molecular weight excluding hydrogens is 192 g/mol. The molecule has 15 heavy (non-hydrogen) atoms. The highest BCUT2D eigenvalue weighted by Gasteiger charge is 2.01. The third-order valence-corrected chi connectivity index (χ3v) is 1.90. The van der Waals surface area contributed by atoms with Crippen LogP contribution < -0.4 is 10.5 Å². The predicted molar refractivity (Wildman–Crippen MR) is 56.9 cm³/mol. The molecule has 1 aromatic heterocycles. The second kappa shape index (κ2) is 4.00. The monoisotopic (exact) mass is 204 g/mol. The number of nitrogens with two attached hydrogens (primary N) is 1. The Morgan fingerprint density at radius 1 is 1.47 bits per heavy atom. The summed E-state index contributed by atoms with van der Waals surface area (Å²) in [6, 6.07) is 7.60. The molecule has 0 aliphatic carbocycles. The number of nitrogen functional groups attached to an aromatic ring is 1. The van der Waals surface area contributed by atoms with Gasteiger partial charge in [0.1, 0.15) is 5.75 Å². The van der Waals surface area contributed by atoms with E-state index in [0.29, 0.717) is 12.4 Å². The minimum absolute atomic E-state index is 0.400. The van der Waals surface area contributed by atoms with E-state index in [9.17, 15) is 0 Å². The molecule has 0 aliphatic rings. The van der Waals surface area contributed by atoms with E-state index in [4.69, 9.17) is 10.5 Å². The summed E-state index contributed by atoms with van der Waals surface area (Å²) in [5, 5.41) is 7.59. The van der Waals surface area contributed by atoms with Crippen molar-refractivity contribution in [1.29, 1.82) is 0 Å². The summed E-state index contributed by atoms with van der Waals surface area (Å²) in [7, 11) is 0. The van der Waals surface area contributed by atoms with Crippen molar-refractivity contribution in [3.05, 3.63) is 30.5 Å². The third-order valence-electron chi connectivity index (χ3n) is 1.90. The number of nitrogens with zero attached hydrogens (tertiary/aromatic N) is 3. The van der Waals surface area contributed by atoms with Crippen LogP contribution in [0.25, 0.3) is 5.69 Å². The van der Waals surface area contributed by atoms with E-state index >= 15 is 0 Å². The van der Waals surface area contributed by atoms with Gasteiger partial charge in [-0.2, -0.15) is 0 Å². The quantitative estimate of drug-likeness (QED) is 0.817. The Labute approximate surface area is 87.5 Å². The van der Waals surface area contributed by atoms with Gasteiger partial charge in [0.2, 0.25) is 0 Å². The number of hydrogen-bond acceptors (Lipinski definition) is 4. The number of aromatic nitrogens is 3. The Kier molecular flexibility index (Phi) is 2.53. The minimum Gasteiger partial charge on any atom is -0.494 e. The number of benzene rings is 1. The minimum atomic E-state index is 0.400. The van der Waals surface area contributed by atoms with Crippen LogP contribution in [-0.4, -0.2) is 21.6 Å². The van der Waals surface area contributed by atoms with Gasteiger partial charge in [0.05, 0.1) is 18.5 Å². The first-order chi connectivity index (χ1) is 7.29. The normalized spacial score (nSPS) is 10.2. The van der Waals surface area contributed by atoms with Crippen molar-refractivity contribution in [2.24, 2.45) is 0 Å². The first-order valence-corrected chi connectivity index (χ1v) is 4.70. The second-order valence-electron chi connectivity index (χ2n) is 3.02. The zero-order valence-corrected chi connectivity index (χ0v) is 8.42. The molecular formula is C10H12N4O. The molecule has 0 amide bonds. The Morgan fingerprint density at radius 2 is 2.33 bits per heavy atom. The fourth-order valence-electron chi connectivity index (χ4n) is 1.29. The van der Waals surface area contributed by atoms with Crippen LogP contribution in [0.15, 0.2) is 30.5 Å². The molecule has 0 saturated heterocycles.